The lowest BCUT2D eigenvalue weighted by Gasteiger charge is -2.37. The molecule has 4 amide bonds. The van der Waals surface area contributed by atoms with Gasteiger partial charge in [-0.25, -0.2) is 4.79 Å². The lowest BCUT2D eigenvalue weighted by molar-refractivity contribution is -0.133. The molecule has 1 N–H and O–H groups in total. The molecule has 0 bridgehead atoms. The molecule has 0 spiro atoms. The van der Waals surface area contributed by atoms with E-state index in [4.69, 9.17) is 11.6 Å². The van der Waals surface area contributed by atoms with Gasteiger partial charge in [-0.05, 0) is 30.7 Å². The largest absolute Gasteiger partial charge is 0.327 e. The van der Waals surface area contributed by atoms with E-state index >= 15 is 0 Å². The van der Waals surface area contributed by atoms with Gasteiger partial charge >= 0.3 is 6.03 Å². The van der Waals surface area contributed by atoms with Crippen LogP contribution in [0, 0.1) is 12.8 Å². The van der Waals surface area contributed by atoms with Gasteiger partial charge in [0.1, 0.15) is 0 Å². The summed E-state index contributed by atoms with van der Waals surface area (Å²) < 4.78 is 0. The van der Waals surface area contributed by atoms with Crippen molar-refractivity contribution in [3.8, 4) is 0 Å². The van der Waals surface area contributed by atoms with E-state index in [2.05, 4.69) is 5.32 Å². The molecular weight excluding hydrogens is 350 g/mol. The highest BCUT2D eigenvalue weighted by atomic mass is 35.5. The summed E-state index contributed by atoms with van der Waals surface area (Å²) in [5, 5.41) is 2.95. The van der Waals surface area contributed by atoms with Gasteiger partial charge in [-0.3, -0.25) is 14.5 Å². The van der Waals surface area contributed by atoms with Gasteiger partial charge in [0.15, 0.2) is 0 Å². The maximum atomic E-state index is 12.5. The van der Waals surface area contributed by atoms with Gasteiger partial charge in [-0.1, -0.05) is 29.4 Å². The van der Waals surface area contributed by atoms with E-state index in [0.29, 0.717) is 15.6 Å². The Morgan fingerprint density at radius 2 is 2.00 bits per heavy atom. The lowest BCUT2D eigenvalue weighted by Crippen LogP contribution is -2.56. The molecule has 8 heteroatoms. The third-order valence-electron chi connectivity index (χ3n) is 4.13. The molecule has 1 fully saturated rings. The minimum absolute atomic E-state index is 0.295. The molecule has 6 nitrogen and oxygen atoms in total. The number of amides is 4. The molecule has 2 heterocycles. The van der Waals surface area contributed by atoms with Gasteiger partial charge in [0.25, 0.3) is 5.91 Å². The molecule has 3 rings (SSSR count). The van der Waals surface area contributed by atoms with Crippen LogP contribution in [-0.4, -0.2) is 47.1 Å². The average Bonchev–Trinajstić information content (AvgIpc) is 3.00. The van der Waals surface area contributed by atoms with Crippen molar-refractivity contribution in [1.82, 2.24) is 9.80 Å². The fraction of sp³-hybridized carbons (Fsp3) is 0.312. The molecular formula is C16H16ClN3O3S. The van der Waals surface area contributed by atoms with Crippen LogP contribution in [0.5, 0.6) is 0 Å². The van der Waals surface area contributed by atoms with E-state index < -0.39 is 5.92 Å². The maximum Gasteiger partial charge on any atom is 0.327 e. The number of imide groups is 1. The Hall–Kier alpha value is -1.99. The molecule has 1 aromatic carbocycles. The minimum atomic E-state index is -0.509. The Labute approximate surface area is 148 Å². The molecule has 0 aliphatic carbocycles. The van der Waals surface area contributed by atoms with Crippen molar-refractivity contribution >= 4 is 46.9 Å². The predicted molar refractivity (Wildman–Crippen MR) is 93.7 cm³/mol. The second-order valence-corrected chi connectivity index (χ2v) is 7.34. The molecule has 126 valence electrons. The van der Waals surface area contributed by atoms with Crippen LogP contribution in [0.15, 0.2) is 29.2 Å². The van der Waals surface area contributed by atoms with Crippen LogP contribution in [0.25, 0.3) is 0 Å². The summed E-state index contributed by atoms with van der Waals surface area (Å²) in [6, 6.07) is 4.89. The van der Waals surface area contributed by atoms with Crippen LogP contribution in [-0.2, 0) is 9.59 Å². The Balaban J connectivity index is 1.78. The first-order valence-electron chi connectivity index (χ1n) is 7.30. The van der Waals surface area contributed by atoms with Crippen LogP contribution in [0.4, 0.5) is 10.5 Å². The summed E-state index contributed by atoms with van der Waals surface area (Å²) in [4.78, 5) is 39.7. The number of urea groups is 1. The smallest absolute Gasteiger partial charge is 0.322 e. The van der Waals surface area contributed by atoms with Crippen molar-refractivity contribution in [3.05, 3.63) is 39.8 Å². The molecule has 2 atom stereocenters. The van der Waals surface area contributed by atoms with Crippen molar-refractivity contribution in [1.29, 1.82) is 0 Å². The Morgan fingerprint density at radius 3 is 2.67 bits per heavy atom. The van der Waals surface area contributed by atoms with E-state index in [0.717, 1.165) is 10.5 Å². The molecule has 24 heavy (non-hydrogen) atoms. The van der Waals surface area contributed by atoms with E-state index in [9.17, 15) is 14.4 Å². The third-order valence-corrected chi connectivity index (χ3v) is 5.96. The fourth-order valence-corrected chi connectivity index (χ4v) is 4.07. The number of fused-ring (bicyclic) bond motifs is 1. The molecule has 1 saturated heterocycles. The van der Waals surface area contributed by atoms with Gasteiger partial charge in [0.05, 0.1) is 16.2 Å². The van der Waals surface area contributed by atoms with Crippen LogP contribution in [0.2, 0.25) is 5.02 Å². The van der Waals surface area contributed by atoms with Gasteiger partial charge in [0.2, 0.25) is 5.91 Å². The Bertz CT molecular complexity index is 780. The summed E-state index contributed by atoms with van der Waals surface area (Å²) in [6.45, 7) is 1.88. The van der Waals surface area contributed by atoms with Crippen molar-refractivity contribution < 1.29 is 14.4 Å². The van der Waals surface area contributed by atoms with Crippen LogP contribution in [0.3, 0.4) is 0 Å². The highest BCUT2D eigenvalue weighted by Crippen LogP contribution is 2.42. The number of carbonyl (C=O) groups excluding carboxylic acids is 3. The standard InChI is InChI=1S/C16H16ClN3O3S/c1-8-4-5-9(6-11(8)17)18-13(21)12-7-10-14(22)19(2)16(23)20(3)15(10)24-12/h4-7,10,15H,1-3H3,(H,18,21). The Morgan fingerprint density at radius 1 is 1.29 bits per heavy atom. The topological polar surface area (TPSA) is 69.7 Å². The van der Waals surface area contributed by atoms with Gasteiger partial charge in [-0.15, -0.1) is 0 Å². The van der Waals surface area contributed by atoms with Crippen LogP contribution < -0.4 is 5.32 Å². The van der Waals surface area contributed by atoms with Crippen LogP contribution >= 0.6 is 23.4 Å². The molecule has 2 unspecified atom stereocenters. The van der Waals surface area contributed by atoms with Crippen molar-refractivity contribution in [2.75, 3.05) is 19.4 Å². The van der Waals surface area contributed by atoms with Gasteiger partial charge in [-0.2, -0.15) is 0 Å². The highest BCUT2D eigenvalue weighted by Gasteiger charge is 2.47. The number of benzene rings is 1. The first-order valence-corrected chi connectivity index (χ1v) is 8.55. The zero-order chi connectivity index (χ0) is 17.6. The number of carbonyl (C=O) groups is 3. The zero-order valence-electron chi connectivity index (χ0n) is 13.4. The maximum absolute atomic E-state index is 12.5. The summed E-state index contributed by atoms with van der Waals surface area (Å²) in [7, 11) is 3.08. The van der Waals surface area contributed by atoms with Crippen LogP contribution in [0.1, 0.15) is 5.56 Å². The van der Waals surface area contributed by atoms with Gasteiger partial charge in [0, 0.05) is 24.8 Å². The van der Waals surface area contributed by atoms with E-state index in [1.165, 1.54) is 23.7 Å². The second kappa shape index (κ2) is 6.14. The predicted octanol–water partition coefficient (Wildman–Crippen LogP) is 2.68. The summed E-state index contributed by atoms with van der Waals surface area (Å²) in [5.74, 6) is -1.12. The molecule has 0 aromatic heterocycles. The minimum Gasteiger partial charge on any atom is -0.322 e. The molecule has 2 aliphatic rings. The zero-order valence-corrected chi connectivity index (χ0v) is 14.9. The normalized spacial score (nSPS) is 23.2. The lowest BCUT2D eigenvalue weighted by atomic mass is 10.0. The number of nitrogens with one attached hydrogen (secondary N) is 1. The number of thioether (sulfide) groups is 1. The quantitative estimate of drug-likeness (QED) is 0.874. The van der Waals surface area contributed by atoms with E-state index in [1.807, 2.05) is 13.0 Å². The molecule has 0 radical (unpaired) electrons. The van der Waals surface area contributed by atoms with Crippen molar-refractivity contribution in [3.63, 3.8) is 0 Å². The number of anilines is 1. The summed E-state index contributed by atoms with van der Waals surface area (Å²) >= 11 is 7.28. The number of nitrogens with zero attached hydrogens (tertiary/aromatic N) is 2. The number of hydrogen-bond acceptors (Lipinski definition) is 4. The van der Waals surface area contributed by atoms with Crippen molar-refractivity contribution in [2.24, 2.45) is 5.92 Å². The summed E-state index contributed by atoms with van der Waals surface area (Å²) in [5.41, 5.74) is 1.50. The number of rotatable bonds is 2. The fourth-order valence-electron chi connectivity index (χ4n) is 2.66. The molecule has 1 aromatic rings. The van der Waals surface area contributed by atoms with Crippen molar-refractivity contribution in [2.45, 2.75) is 12.3 Å². The SMILES string of the molecule is Cc1ccc(NC(=O)C2=CC3C(=O)N(C)C(=O)N(C)C3S2)cc1Cl. The number of halogens is 1. The first kappa shape index (κ1) is 16.9. The monoisotopic (exact) mass is 365 g/mol. The molecule has 0 saturated carbocycles. The van der Waals surface area contributed by atoms with E-state index in [-0.39, 0.29) is 23.2 Å². The first-order chi connectivity index (χ1) is 11.3. The average molecular weight is 366 g/mol. The number of aryl methyl sites for hydroxylation is 1. The number of hydrogen-bond donors (Lipinski definition) is 1. The third kappa shape index (κ3) is 2.78. The van der Waals surface area contributed by atoms with E-state index in [1.54, 1.807) is 25.3 Å². The second-order valence-electron chi connectivity index (χ2n) is 5.77. The molecule has 2 aliphatic heterocycles. The summed E-state index contributed by atoms with van der Waals surface area (Å²) in [6.07, 6.45) is 1.63. The Kier molecular flexibility index (Phi) is 4.31. The highest BCUT2D eigenvalue weighted by molar-refractivity contribution is 8.04. The van der Waals surface area contributed by atoms with Gasteiger partial charge < -0.3 is 10.2 Å².